The summed E-state index contributed by atoms with van der Waals surface area (Å²) in [7, 11) is 0. The molecule has 0 aliphatic heterocycles. The molecule has 0 saturated carbocycles. The molecule has 0 fully saturated rings. The van der Waals surface area contributed by atoms with Crippen LogP contribution in [0.3, 0.4) is 0 Å². The van der Waals surface area contributed by atoms with E-state index >= 15 is 0 Å². The average molecular weight is 473 g/mol. The molecule has 0 aliphatic carbocycles. The van der Waals surface area contributed by atoms with Crippen LogP contribution in [0.2, 0.25) is 15.1 Å². The molecular formula is C19H16Cl3N3O3S. The molecule has 0 aliphatic rings. The van der Waals surface area contributed by atoms with Crippen molar-refractivity contribution in [3.05, 3.63) is 63.4 Å². The van der Waals surface area contributed by atoms with E-state index in [0.29, 0.717) is 57.1 Å². The smallest absolute Gasteiger partial charge is 0.277 e. The molecule has 0 bridgehead atoms. The molecule has 1 N–H and O–H groups in total. The van der Waals surface area contributed by atoms with Crippen molar-refractivity contribution in [3.63, 3.8) is 0 Å². The lowest BCUT2D eigenvalue weighted by molar-refractivity contribution is -0.113. The zero-order chi connectivity index (χ0) is 20.6. The molecule has 1 aromatic heterocycles. The fourth-order valence-electron chi connectivity index (χ4n) is 2.25. The first-order chi connectivity index (χ1) is 14.0. The van der Waals surface area contributed by atoms with Crippen LogP contribution in [0, 0.1) is 0 Å². The van der Waals surface area contributed by atoms with Gasteiger partial charge in [0, 0.05) is 22.2 Å². The van der Waals surface area contributed by atoms with Gasteiger partial charge in [-0.25, -0.2) is 0 Å². The molecule has 1 amide bonds. The number of thioether (sulfide) groups is 1. The molecular weight excluding hydrogens is 457 g/mol. The van der Waals surface area contributed by atoms with Gasteiger partial charge >= 0.3 is 0 Å². The van der Waals surface area contributed by atoms with Gasteiger partial charge in [0.05, 0.1) is 17.4 Å². The normalized spacial score (nSPS) is 10.7. The minimum absolute atomic E-state index is 0.155. The second kappa shape index (κ2) is 10.7. The van der Waals surface area contributed by atoms with Crippen LogP contribution in [-0.2, 0) is 11.2 Å². The summed E-state index contributed by atoms with van der Waals surface area (Å²) < 4.78 is 11.2. The summed E-state index contributed by atoms with van der Waals surface area (Å²) in [5.74, 6) is 1.04. The predicted molar refractivity (Wildman–Crippen MR) is 115 cm³/mol. The van der Waals surface area contributed by atoms with Crippen molar-refractivity contribution >= 4 is 58.2 Å². The van der Waals surface area contributed by atoms with Crippen LogP contribution in [-0.4, -0.2) is 28.5 Å². The molecule has 1 heterocycles. The molecule has 0 saturated heterocycles. The lowest BCUT2D eigenvalue weighted by Gasteiger charge is -2.07. The highest BCUT2D eigenvalue weighted by molar-refractivity contribution is 7.99. The SMILES string of the molecule is O=C(CSc1nnc(CCCOc2ccc(Cl)cc2Cl)o1)Nc1ccc(Cl)cc1. The van der Waals surface area contributed by atoms with E-state index in [2.05, 4.69) is 15.5 Å². The van der Waals surface area contributed by atoms with Crippen molar-refractivity contribution in [2.24, 2.45) is 0 Å². The Morgan fingerprint density at radius 2 is 1.83 bits per heavy atom. The maximum Gasteiger partial charge on any atom is 0.277 e. The third-order valence-corrected chi connectivity index (χ3v) is 5.19. The zero-order valence-corrected chi connectivity index (χ0v) is 18.1. The Morgan fingerprint density at radius 3 is 2.59 bits per heavy atom. The number of halogens is 3. The van der Waals surface area contributed by atoms with Crippen molar-refractivity contribution in [2.45, 2.75) is 18.1 Å². The molecule has 10 heteroatoms. The predicted octanol–water partition coefficient (Wildman–Crippen LogP) is 5.77. The molecule has 0 spiro atoms. The Morgan fingerprint density at radius 1 is 1.07 bits per heavy atom. The quantitative estimate of drug-likeness (QED) is 0.314. The van der Waals surface area contributed by atoms with E-state index in [0.717, 1.165) is 0 Å². The van der Waals surface area contributed by atoms with Gasteiger partial charge in [-0.05, 0) is 48.9 Å². The maximum atomic E-state index is 12.0. The number of nitrogens with one attached hydrogen (secondary N) is 1. The Hall–Kier alpha value is -1.93. The van der Waals surface area contributed by atoms with E-state index in [9.17, 15) is 4.79 Å². The number of ether oxygens (including phenoxy) is 1. The van der Waals surface area contributed by atoms with Crippen LogP contribution < -0.4 is 10.1 Å². The van der Waals surface area contributed by atoms with Gasteiger partial charge in [0.2, 0.25) is 11.8 Å². The summed E-state index contributed by atoms with van der Waals surface area (Å²) in [6.07, 6.45) is 1.22. The van der Waals surface area contributed by atoms with E-state index in [1.54, 1.807) is 42.5 Å². The Bertz CT molecular complexity index is 967. The first-order valence-electron chi connectivity index (χ1n) is 8.58. The summed E-state index contributed by atoms with van der Waals surface area (Å²) in [4.78, 5) is 12.0. The minimum atomic E-state index is -0.176. The number of aryl methyl sites for hydroxylation is 1. The largest absolute Gasteiger partial charge is 0.492 e. The van der Waals surface area contributed by atoms with Crippen molar-refractivity contribution in [1.82, 2.24) is 10.2 Å². The van der Waals surface area contributed by atoms with E-state index in [1.165, 1.54) is 11.8 Å². The van der Waals surface area contributed by atoms with Gasteiger partial charge in [-0.1, -0.05) is 46.6 Å². The third kappa shape index (κ3) is 7.12. The fraction of sp³-hybridized carbons (Fsp3) is 0.211. The Labute approximate surface area is 186 Å². The molecule has 29 heavy (non-hydrogen) atoms. The number of hydrogen-bond acceptors (Lipinski definition) is 6. The number of carbonyl (C=O) groups is 1. The second-order valence-corrected chi connectivity index (χ2v) is 8.04. The molecule has 0 atom stereocenters. The molecule has 2 aromatic carbocycles. The monoisotopic (exact) mass is 471 g/mol. The highest BCUT2D eigenvalue weighted by atomic mass is 35.5. The Kier molecular flexibility index (Phi) is 8.06. The van der Waals surface area contributed by atoms with Crippen molar-refractivity contribution < 1.29 is 13.9 Å². The Balaban J connectivity index is 1.37. The summed E-state index contributed by atoms with van der Waals surface area (Å²) >= 11 is 18.9. The number of benzene rings is 2. The number of anilines is 1. The first kappa shape index (κ1) is 21.8. The van der Waals surface area contributed by atoms with Crippen LogP contribution in [0.4, 0.5) is 5.69 Å². The average Bonchev–Trinajstić information content (AvgIpc) is 3.15. The van der Waals surface area contributed by atoms with E-state index in [1.807, 2.05) is 0 Å². The zero-order valence-electron chi connectivity index (χ0n) is 15.0. The fourth-order valence-corrected chi connectivity index (χ4v) is 3.42. The van der Waals surface area contributed by atoms with Gasteiger partial charge in [-0.3, -0.25) is 4.79 Å². The topological polar surface area (TPSA) is 77.2 Å². The van der Waals surface area contributed by atoms with Crippen LogP contribution >= 0.6 is 46.6 Å². The lowest BCUT2D eigenvalue weighted by Crippen LogP contribution is -2.13. The molecule has 6 nitrogen and oxygen atoms in total. The van der Waals surface area contributed by atoms with Gasteiger partial charge in [0.1, 0.15) is 5.75 Å². The third-order valence-electron chi connectivity index (χ3n) is 3.59. The summed E-state index contributed by atoms with van der Waals surface area (Å²) in [5.41, 5.74) is 0.673. The van der Waals surface area contributed by atoms with Gasteiger partial charge in [-0.2, -0.15) is 0 Å². The van der Waals surface area contributed by atoms with Crippen LogP contribution in [0.15, 0.2) is 52.1 Å². The van der Waals surface area contributed by atoms with Gasteiger partial charge in [0.15, 0.2) is 0 Å². The van der Waals surface area contributed by atoms with Crippen molar-refractivity contribution in [3.8, 4) is 5.75 Å². The van der Waals surface area contributed by atoms with E-state index in [4.69, 9.17) is 44.0 Å². The highest BCUT2D eigenvalue weighted by Crippen LogP contribution is 2.27. The summed E-state index contributed by atoms with van der Waals surface area (Å²) in [5, 5.41) is 12.7. The molecule has 152 valence electrons. The lowest BCUT2D eigenvalue weighted by atomic mass is 10.3. The van der Waals surface area contributed by atoms with Gasteiger partial charge in [-0.15, -0.1) is 10.2 Å². The number of hydrogen-bond donors (Lipinski definition) is 1. The molecule has 0 radical (unpaired) electrons. The number of carbonyl (C=O) groups excluding carboxylic acids is 1. The summed E-state index contributed by atoms with van der Waals surface area (Å²) in [6.45, 7) is 0.440. The van der Waals surface area contributed by atoms with E-state index < -0.39 is 0 Å². The molecule has 3 rings (SSSR count). The van der Waals surface area contributed by atoms with Gasteiger partial charge in [0.25, 0.3) is 5.22 Å². The van der Waals surface area contributed by atoms with Crippen molar-refractivity contribution in [2.75, 3.05) is 17.7 Å². The minimum Gasteiger partial charge on any atom is -0.492 e. The standard InChI is InChI=1S/C19H16Cl3N3O3S/c20-12-3-6-14(7-4-12)23-17(26)11-29-19-25-24-18(28-19)2-1-9-27-16-8-5-13(21)10-15(16)22/h3-8,10H,1-2,9,11H2,(H,23,26). The van der Waals surface area contributed by atoms with Crippen LogP contribution in [0.25, 0.3) is 0 Å². The number of nitrogens with zero attached hydrogens (tertiary/aromatic N) is 2. The van der Waals surface area contributed by atoms with Crippen molar-refractivity contribution in [1.29, 1.82) is 0 Å². The molecule has 3 aromatic rings. The van der Waals surface area contributed by atoms with Crippen LogP contribution in [0.1, 0.15) is 12.3 Å². The number of rotatable bonds is 9. The maximum absolute atomic E-state index is 12.0. The first-order valence-corrected chi connectivity index (χ1v) is 10.7. The van der Waals surface area contributed by atoms with Gasteiger partial charge < -0.3 is 14.5 Å². The van der Waals surface area contributed by atoms with Crippen LogP contribution in [0.5, 0.6) is 5.75 Å². The summed E-state index contributed by atoms with van der Waals surface area (Å²) in [6, 6.07) is 11.9. The second-order valence-electron chi connectivity index (χ2n) is 5.83. The molecule has 0 unspecified atom stereocenters. The number of aromatic nitrogens is 2. The highest BCUT2D eigenvalue weighted by Gasteiger charge is 2.10. The number of amides is 1. The van der Waals surface area contributed by atoms with E-state index in [-0.39, 0.29) is 11.7 Å².